The Hall–Kier alpha value is -3.49. The maximum absolute atomic E-state index is 14.8. The second kappa shape index (κ2) is 10.6. The van der Waals surface area contributed by atoms with E-state index in [-0.39, 0.29) is 37.7 Å². The molecule has 8 nitrogen and oxygen atoms in total. The summed E-state index contributed by atoms with van der Waals surface area (Å²) in [6, 6.07) is 7.67. The Morgan fingerprint density at radius 3 is 2.69 bits per heavy atom. The van der Waals surface area contributed by atoms with Crippen LogP contribution in [0, 0.1) is 29.5 Å². The van der Waals surface area contributed by atoms with Crippen LogP contribution in [0.4, 0.5) is 21.5 Å². The van der Waals surface area contributed by atoms with E-state index < -0.39 is 11.9 Å². The number of aromatic nitrogens is 2. The average molecular weight is 562 g/mol. The molecule has 0 aliphatic carbocycles. The maximum atomic E-state index is 14.8. The van der Waals surface area contributed by atoms with Gasteiger partial charge in [0.1, 0.15) is 17.8 Å². The normalized spacial score (nSPS) is 12.3. The Kier molecular flexibility index (Phi) is 7.56. The summed E-state index contributed by atoms with van der Waals surface area (Å²) >= 11 is 19.8. The van der Waals surface area contributed by atoms with Crippen molar-refractivity contribution < 1.29 is 4.39 Å². The van der Waals surface area contributed by atoms with Crippen molar-refractivity contribution in [2.24, 2.45) is 10.9 Å². The van der Waals surface area contributed by atoms with E-state index in [2.05, 4.69) is 31.8 Å². The zero-order valence-corrected chi connectivity index (χ0v) is 21.5. The van der Waals surface area contributed by atoms with Crippen molar-refractivity contribution >= 4 is 86.0 Å². The number of nitriles is 1. The minimum absolute atomic E-state index is 0.0161. The number of nitrogens with two attached hydrogens (primary N) is 1. The molecule has 2 aromatic carbocycles. The van der Waals surface area contributed by atoms with Gasteiger partial charge < -0.3 is 21.9 Å². The molecule has 4 rings (SSSR count). The molecule has 36 heavy (non-hydrogen) atoms. The summed E-state index contributed by atoms with van der Waals surface area (Å²) < 4.78 is 14.8. The smallest absolute Gasteiger partial charge is 0.166 e. The molecule has 2 aromatic heterocycles. The fourth-order valence-corrected chi connectivity index (χ4v) is 4.99. The first-order valence-electron chi connectivity index (χ1n) is 10.2. The molecule has 0 radical (unpaired) electrons. The summed E-state index contributed by atoms with van der Waals surface area (Å²) in [5.41, 5.74) is 4.04. The Morgan fingerprint density at radius 1 is 1.28 bits per heavy atom. The summed E-state index contributed by atoms with van der Waals surface area (Å²) in [7, 11) is 0. The van der Waals surface area contributed by atoms with Crippen LogP contribution >= 0.6 is 46.1 Å². The lowest BCUT2D eigenvalue weighted by atomic mass is 10.1. The number of pyridine rings is 1. The van der Waals surface area contributed by atoms with Gasteiger partial charge in [0.15, 0.2) is 5.82 Å². The Labute approximate surface area is 224 Å². The first-order chi connectivity index (χ1) is 17.3. The van der Waals surface area contributed by atoms with Crippen molar-refractivity contribution in [3.05, 3.63) is 73.0 Å². The first kappa shape index (κ1) is 25.6. The number of thiazole rings is 1. The summed E-state index contributed by atoms with van der Waals surface area (Å²) in [5, 5.41) is 27.9. The minimum Gasteiger partial charge on any atom is -0.372 e. The van der Waals surface area contributed by atoms with E-state index in [1.54, 1.807) is 17.6 Å². The van der Waals surface area contributed by atoms with E-state index in [1.165, 1.54) is 29.7 Å². The molecule has 0 unspecified atom stereocenters. The number of fused-ring (bicyclic) bond motifs is 1. The molecular weight excluding hydrogens is 546 g/mol. The van der Waals surface area contributed by atoms with Crippen LogP contribution in [0.15, 0.2) is 41.1 Å². The lowest BCUT2D eigenvalue weighted by molar-refractivity contribution is 0.632. The van der Waals surface area contributed by atoms with Crippen LogP contribution in [-0.4, -0.2) is 21.9 Å². The molecule has 0 saturated heterocycles. The number of hydrogen-bond acceptors (Lipinski definition) is 9. The Bertz CT molecular complexity index is 1560. The van der Waals surface area contributed by atoms with Gasteiger partial charge in [0.25, 0.3) is 0 Å². The highest BCUT2D eigenvalue weighted by molar-refractivity contribution is 7.10. The van der Waals surface area contributed by atoms with Crippen LogP contribution in [-0.2, 0) is 0 Å². The first-order valence-corrected chi connectivity index (χ1v) is 12.2. The van der Waals surface area contributed by atoms with Crippen molar-refractivity contribution in [3.63, 3.8) is 0 Å². The van der Waals surface area contributed by atoms with Gasteiger partial charge in [-0.15, -0.1) is 11.3 Å². The molecule has 5 N–H and O–H groups in total. The molecule has 2 heterocycles. The lowest BCUT2D eigenvalue weighted by Crippen LogP contribution is -2.23. The Morgan fingerprint density at radius 2 is 2.06 bits per heavy atom. The van der Waals surface area contributed by atoms with Gasteiger partial charge in [-0.3, -0.25) is 4.98 Å². The third kappa shape index (κ3) is 4.79. The predicted octanol–water partition coefficient (Wildman–Crippen LogP) is 6.83. The summed E-state index contributed by atoms with van der Waals surface area (Å²) in [6.45, 7) is 1.84. The number of hydrazone groups is 1. The number of halogens is 4. The van der Waals surface area contributed by atoms with Crippen LogP contribution in [0.3, 0.4) is 0 Å². The van der Waals surface area contributed by atoms with Crippen LogP contribution < -0.4 is 16.5 Å². The zero-order chi connectivity index (χ0) is 26.0. The zero-order valence-electron chi connectivity index (χ0n) is 18.4. The van der Waals surface area contributed by atoms with Gasteiger partial charge in [0, 0.05) is 23.5 Å². The van der Waals surface area contributed by atoms with Gasteiger partial charge in [-0.05, 0) is 31.2 Å². The van der Waals surface area contributed by atoms with Crippen LogP contribution in [0.25, 0.3) is 10.9 Å². The Balaban J connectivity index is 1.87. The van der Waals surface area contributed by atoms with Crippen molar-refractivity contribution in [3.8, 4) is 6.07 Å². The fourth-order valence-electron chi connectivity index (χ4n) is 3.54. The quantitative estimate of drug-likeness (QED) is 0.0845. The number of aryl methyl sites for hydroxylation is 1. The summed E-state index contributed by atoms with van der Waals surface area (Å²) in [5.74, 6) is 4.77. The highest BCUT2D eigenvalue weighted by atomic mass is 35.5. The van der Waals surface area contributed by atoms with E-state index >= 15 is 0 Å². The average Bonchev–Trinajstić information content (AvgIpc) is 3.30. The van der Waals surface area contributed by atoms with Crippen LogP contribution in [0.2, 0.25) is 15.1 Å². The molecule has 0 aliphatic heterocycles. The second-order valence-electron chi connectivity index (χ2n) is 7.44. The molecule has 1 atom stereocenters. The highest BCUT2D eigenvalue weighted by Crippen LogP contribution is 2.38. The second-order valence-corrected chi connectivity index (χ2v) is 9.52. The van der Waals surface area contributed by atoms with E-state index in [9.17, 15) is 9.65 Å². The van der Waals surface area contributed by atoms with Gasteiger partial charge in [0.05, 0.1) is 53.6 Å². The molecule has 0 fully saturated rings. The van der Waals surface area contributed by atoms with Crippen LogP contribution in [0.5, 0.6) is 0 Å². The number of rotatable bonds is 7. The number of hydrogen-bond donors (Lipinski definition) is 4. The lowest BCUT2D eigenvalue weighted by Gasteiger charge is -2.20. The van der Waals surface area contributed by atoms with Crippen molar-refractivity contribution in [1.82, 2.24) is 9.97 Å². The topological polar surface area (TPSA) is 136 Å². The minimum atomic E-state index is -0.770. The predicted molar refractivity (Wildman–Crippen MR) is 145 cm³/mol. The van der Waals surface area contributed by atoms with Gasteiger partial charge in [0.2, 0.25) is 0 Å². The highest BCUT2D eigenvalue weighted by Gasteiger charge is 2.23. The SMILES string of the molecule is Cc1ncsc1[C@H](Nc1cc(Cl)c2ncc(C#N)c(Nc3ccc(Cl)c(Cl)c3F)c2c1)/C(C=N)=N/N. The number of nitrogens with zero attached hydrogens (tertiary/aromatic N) is 4. The largest absolute Gasteiger partial charge is 0.372 e. The molecule has 0 saturated carbocycles. The van der Waals surface area contributed by atoms with E-state index in [0.717, 1.165) is 16.8 Å². The number of anilines is 3. The molecule has 0 amide bonds. The molecule has 4 aromatic rings. The van der Waals surface area contributed by atoms with E-state index in [1.807, 2.05) is 6.92 Å². The van der Waals surface area contributed by atoms with E-state index in [4.69, 9.17) is 46.1 Å². The maximum Gasteiger partial charge on any atom is 0.166 e. The van der Waals surface area contributed by atoms with Gasteiger partial charge in [-0.25, -0.2) is 9.37 Å². The van der Waals surface area contributed by atoms with E-state index in [0.29, 0.717) is 16.6 Å². The molecule has 0 bridgehead atoms. The van der Waals surface area contributed by atoms with Gasteiger partial charge >= 0.3 is 0 Å². The van der Waals surface area contributed by atoms with Gasteiger partial charge in [-0.1, -0.05) is 34.8 Å². The van der Waals surface area contributed by atoms with Crippen LogP contribution in [0.1, 0.15) is 22.2 Å². The fraction of sp³-hybridized carbons (Fsp3) is 0.0870. The van der Waals surface area contributed by atoms with Crippen molar-refractivity contribution in [2.75, 3.05) is 10.6 Å². The molecule has 0 spiro atoms. The van der Waals surface area contributed by atoms with Gasteiger partial charge in [-0.2, -0.15) is 10.4 Å². The third-order valence-corrected chi connectivity index (χ3v) is 7.35. The standard InChI is InChI=1S/C23H16Cl3FN8S/c1-10-23(36-9-32-10)22(17(7-29)35-30)33-12-4-13-20(11(6-28)8-31-21(13)15(25)5-12)34-16-3-2-14(24)18(26)19(16)27/h2-5,7-9,22,29,33H,30H2,1H3,(H,31,34)/b29-7?,35-17+/t22-/m1/s1. The number of benzene rings is 2. The third-order valence-electron chi connectivity index (χ3n) is 5.29. The molecular formula is C23H16Cl3FN8S. The molecule has 182 valence electrons. The molecule has 13 heteroatoms. The number of nitrogens with one attached hydrogen (secondary N) is 3. The monoisotopic (exact) mass is 560 g/mol. The summed E-state index contributed by atoms with van der Waals surface area (Å²) in [6.07, 6.45) is 2.39. The molecule has 0 aliphatic rings. The van der Waals surface area contributed by atoms with Crippen molar-refractivity contribution in [2.45, 2.75) is 13.0 Å². The summed E-state index contributed by atoms with van der Waals surface area (Å²) in [4.78, 5) is 9.39. The van der Waals surface area contributed by atoms with Crippen molar-refractivity contribution in [1.29, 1.82) is 10.7 Å².